The van der Waals surface area contributed by atoms with Crippen molar-refractivity contribution in [2.45, 2.75) is 90.8 Å². The van der Waals surface area contributed by atoms with Crippen molar-refractivity contribution in [1.29, 1.82) is 0 Å². The van der Waals surface area contributed by atoms with Crippen LogP contribution in [-0.2, 0) is 18.6 Å². The van der Waals surface area contributed by atoms with Crippen molar-refractivity contribution in [2.24, 2.45) is 17.8 Å². The van der Waals surface area contributed by atoms with Crippen LogP contribution in [0.2, 0.25) is 0 Å². The fourth-order valence-electron chi connectivity index (χ4n) is 4.62. The highest BCUT2D eigenvalue weighted by molar-refractivity contribution is 7.58. The monoisotopic (exact) mass is 452 g/mol. The molecule has 0 heterocycles. The van der Waals surface area contributed by atoms with Gasteiger partial charge in [-0.25, -0.2) is 0 Å². The van der Waals surface area contributed by atoms with Gasteiger partial charge in [-0.05, 0) is 84.5 Å². The molecule has 0 radical (unpaired) electrons. The van der Waals surface area contributed by atoms with Crippen molar-refractivity contribution in [3.05, 3.63) is 0 Å². The Morgan fingerprint density at radius 1 is 0.793 bits per heavy atom. The van der Waals surface area contributed by atoms with Gasteiger partial charge in [-0.3, -0.25) is 9.13 Å². The summed E-state index contributed by atoms with van der Waals surface area (Å²) in [5, 5.41) is 0. The van der Waals surface area contributed by atoms with Crippen LogP contribution in [0.4, 0.5) is 0 Å². The van der Waals surface area contributed by atoms with Gasteiger partial charge in [-0.1, -0.05) is 12.8 Å². The molecular weight excluding hydrogens is 410 g/mol. The molecule has 2 aliphatic rings. The molecule has 0 spiro atoms. The van der Waals surface area contributed by atoms with E-state index < -0.39 is 25.9 Å². The number of hydrogen-bond acceptors (Lipinski definition) is 4. The van der Waals surface area contributed by atoms with E-state index in [9.17, 15) is 18.9 Å². The van der Waals surface area contributed by atoms with Gasteiger partial charge in [0.2, 0.25) is 14.7 Å². The third-order valence-electron chi connectivity index (χ3n) is 6.03. The Kier molecular flexibility index (Phi) is 8.67. The van der Waals surface area contributed by atoms with E-state index in [0.717, 1.165) is 32.1 Å². The maximum Gasteiger partial charge on any atom is 0.225 e. The quantitative estimate of drug-likeness (QED) is 0.393. The van der Waals surface area contributed by atoms with Gasteiger partial charge in [0.05, 0.1) is 11.2 Å². The van der Waals surface area contributed by atoms with Crippen molar-refractivity contribution in [2.75, 3.05) is 25.0 Å². The highest BCUT2D eigenvalue weighted by atomic mass is 31.2. The lowest BCUT2D eigenvalue weighted by Crippen LogP contribution is -2.35. The average molecular weight is 453 g/mol. The summed E-state index contributed by atoms with van der Waals surface area (Å²) in [7, 11) is -6.50. The van der Waals surface area contributed by atoms with Crippen LogP contribution < -0.4 is 0 Å². The SMILES string of the molecule is CC(C)(C)OCP(=O)(O)CC1CC(CC(C)(C)OCP(=O)(O)CC2CCCC2)C1. The minimum atomic E-state index is -3.26. The van der Waals surface area contributed by atoms with Crippen molar-refractivity contribution in [3.8, 4) is 0 Å². The summed E-state index contributed by atoms with van der Waals surface area (Å²) in [4.78, 5) is 20.5. The molecule has 6 nitrogen and oxygen atoms in total. The molecule has 2 aliphatic carbocycles. The van der Waals surface area contributed by atoms with Gasteiger partial charge in [-0.2, -0.15) is 0 Å². The van der Waals surface area contributed by atoms with Crippen LogP contribution in [0.1, 0.15) is 79.6 Å². The molecule has 2 N–H and O–H groups in total. The Labute approximate surface area is 177 Å². The van der Waals surface area contributed by atoms with Crippen LogP contribution >= 0.6 is 14.7 Å². The van der Waals surface area contributed by atoms with Crippen molar-refractivity contribution >= 4 is 14.7 Å². The first-order valence-corrected chi connectivity index (χ1v) is 15.1. The summed E-state index contributed by atoms with van der Waals surface area (Å²) in [5.74, 6) is 1.06. The van der Waals surface area contributed by atoms with E-state index in [0.29, 0.717) is 24.2 Å². The number of rotatable bonds is 11. The van der Waals surface area contributed by atoms with Crippen LogP contribution in [0.3, 0.4) is 0 Å². The highest BCUT2D eigenvalue weighted by Crippen LogP contribution is 2.51. The third kappa shape index (κ3) is 9.97. The molecule has 2 saturated carbocycles. The minimum Gasteiger partial charge on any atom is -0.366 e. The van der Waals surface area contributed by atoms with E-state index >= 15 is 0 Å². The Morgan fingerprint density at radius 3 is 1.79 bits per heavy atom. The van der Waals surface area contributed by atoms with Gasteiger partial charge >= 0.3 is 0 Å². The average Bonchev–Trinajstić information content (AvgIpc) is 3.01. The normalized spacial score (nSPS) is 28.0. The molecule has 0 aliphatic heterocycles. The molecule has 0 aromatic rings. The topological polar surface area (TPSA) is 93.1 Å². The molecule has 2 unspecified atom stereocenters. The zero-order valence-electron chi connectivity index (χ0n) is 18.9. The van der Waals surface area contributed by atoms with Crippen LogP contribution in [0.5, 0.6) is 0 Å². The zero-order valence-corrected chi connectivity index (χ0v) is 20.7. The molecule has 2 fully saturated rings. The van der Waals surface area contributed by atoms with Gasteiger partial charge in [0, 0.05) is 12.3 Å². The molecule has 0 amide bonds. The standard InChI is InChI=1S/C21H42O6P2/c1-20(2,3)26-15-29(24,25)14-19-10-18(11-19)12-21(4,5)27-16-28(22,23)13-17-8-6-7-9-17/h17-19H,6-16H2,1-5H3,(H,22,23)(H,24,25). The summed E-state index contributed by atoms with van der Waals surface area (Å²) in [6, 6.07) is 0. The molecule has 0 aromatic heterocycles. The van der Waals surface area contributed by atoms with Gasteiger partial charge in [0.25, 0.3) is 0 Å². The first-order valence-electron chi connectivity index (χ1n) is 11.0. The highest BCUT2D eigenvalue weighted by Gasteiger charge is 2.39. The van der Waals surface area contributed by atoms with E-state index in [1.807, 2.05) is 34.6 Å². The maximum atomic E-state index is 12.5. The number of ether oxygens (including phenoxy) is 2. The summed E-state index contributed by atoms with van der Waals surface area (Å²) in [6.07, 6.45) is 7.64. The summed E-state index contributed by atoms with van der Waals surface area (Å²) in [6.45, 7) is 9.60. The van der Waals surface area contributed by atoms with E-state index in [2.05, 4.69) is 0 Å². The third-order valence-corrected chi connectivity index (χ3v) is 9.27. The lowest BCUT2D eigenvalue weighted by Gasteiger charge is -2.41. The Balaban J connectivity index is 1.68. The van der Waals surface area contributed by atoms with Crippen molar-refractivity contribution < 1.29 is 28.4 Å². The predicted molar refractivity (Wildman–Crippen MR) is 118 cm³/mol. The molecule has 0 bridgehead atoms. The first-order chi connectivity index (χ1) is 13.1. The second-order valence-corrected chi connectivity index (χ2v) is 15.7. The predicted octanol–water partition coefficient (Wildman–Crippen LogP) is 5.66. The molecule has 29 heavy (non-hydrogen) atoms. The maximum absolute atomic E-state index is 12.5. The van der Waals surface area contributed by atoms with Crippen LogP contribution in [0, 0.1) is 17.8 Å². The van der Waals surface area contributed by atoms with Crippen molar-refractivity contribution in [1.82, 2.24) is 0 Å². The lowest BCUT2D eigenvalue weighted by atomic mass is 9.71. The molecule has 172 valence electrons. The fourth-order valence-corrected chi connectivity index (χ4v) is 8.25. The molecule has 8 heteroatoms. The Hall–Kier alpha value is 0.300. The van der Waals surface area contributed by atoms with Crippen molar-refractivity contribution in [3.63, 3.8) is 0 Å². The van der Waals surface area contributed by atoms with Gasteiger partial charge < -0.3 is 19.3 Å². The molecular formula is C21H42O6P2. The van der Waals surface area contributed by atoms with Crippen LogP contribution in [-0.4, -0.2) is 46.0 Å². The Bertz CT molecular complexity index is 615. The van der Waals surface area contributed by atoms with E-state index in [-0.39, 0.29) is 18.6 Å². The van der Waals surface area contributed by atoms with Gasteiger partial charge in [0.1, 0.15) is 12.7 Å². The molecule has 2 rings (SSSR count). The second kappa shape index (κ2) is 9.84. The largest absolute Gasteiger partial charge is 0.366 e. The van der Waals surface area contributed by atoms with E-state index in [1.165, 1.54) is 12.8 Å². The summed E-state index contributed by atoms with van der Waals surface area (Å²) in [5.41, 5.74) is -0.867. The lowest BCUT2D eigenvalue weighted by molar-refractivity contribution is -0.0287. The Morgan fingerprint density at radius 2 is 1.28 bits per heavy atom. The zero-order chi connectivity index (χ0) is 21.9. The van der Waals surface area contributed by atoms with E-state index in [1.54, 1.807) is 0 Å². The van der Waals surface area contributed by atoms with Crippen LogP contribution in [0.25, 0.3) is 0 Å². The first kappa shape index (κ1) is 25.6. The minimum absolute atomic E-state index is 0.0668. The van der Waals surface area contributed by atoms with Gasteiger partial charge in [-0.15, -0.1) is 0 Å². The summed E-state index contributed by atoms with van der Waals surface area (Å²) < 4.78 is 36.2. The summed E-state index contributed by atoms with van der Waals surface area (Å²) >= 11 is 0. The molecule has 0 aromatic carbocycles. The smallest absolute Gasteiger partial charge is 0.225 e. The fraction of sp³-hybridized carbons (Fsp3) is 1.00. The van der Waals surface area contributed by atoms with Crippen LogP contribution in [0.15, 0.2) is 0 Å². The number of hydrogen-bond donors (Lipinski definition) is 2. The van der Waals surface area contributed by atoms with E-state index in [4.69, 9.17) is 9.47 Å². The van der Waals surface area contributed by atoms with Gasteiger partial charge in [0.15, 0.2) is 0 Å². The molecule has 0 saturated heterocycles. The molecule has 2 atom stereocenters. The second-order valence-electron chi connectivity index (χ2n) is 11.0.